The molecule has 0 fully saturated rings. The maximum absolute atomic E-state index is 14.4. The van der Waals surface area contributed by atoms with Crippen LogP contribution >= 0.6 is 35.0 Å². The van der Waals surface area contributed by atoms with Crippen LogP contribution in [0, 0.1) is 5.82 Å². The molecule has 0 bridgehead atoms. The summed E-state index contributed by atoms with van der Waals surface area (Å²) in [6.45, 7) is 1.83. The summed E-state index contributed by atoms with van der Waals surface area (Å²) in [7, 11) is 0. The summed E-state index contributed by atoms with van der Waals surface area (Å²) in [4.78, 5) is 16.9. The molecule has 0 saturated carbocycles. The Morgan fingerprint density at radius 2 is 2.08 bits per heavy atom. The van der Waals surface area contributed by atoms with E-state index in [9.17, 15) is 9.18 Å². The minimum Gasteiger partial charge on any atom is -0.379 e. The first kappa shape index (κ1) is 19.0. The zero-order chi connectivity index (χ0) is 18.9. The third kappa shape index (κ3) is 3.98. The highest BCUT2D eigenvalue weighted by atomic mass is 35.5. The van der Waals surface area contributed by atoms with E-state index in [1.165, 1.54) is 36.0 Å². The van der Waals surface area contributed by atoms with Gasteiger partial charge in [-0.3, -0.25) is 9.79 Å². The Labute approximate surface area is 165 Å². The number of thioether (sulfide) groups is 1. The van der Waals surface area contributed by atoms with E-state index < -0.39 is 17.3 Å². The molecule has 8 heteroatoms. The number of carbonyl (C=O) groups excluding carboxylic acids is 1. The Hall–Kier alpha value is -1.76. The number of hydrogen-bond donors (Lipinski definition) is 2. The average molecular weight is 412 g/mol. The third-order valence-electron chi connectivity index (χ3n) is 4.18. The molecule has 0 saturated heterocycles. The van der Waals surface area contributed by atoms with Crippen LogP contribution in [0.2, 0.25) is 10.0 Å². The van der Waals surface area contributed by atoms with E-state index in [1.807, 2.05) is 6.92 Å². The van der Waals surface area contributed by atoms with Crippen LogP contribution in [-0.4, -0.2) is 16.8 Å². The fraction of sp³-hybridized carbons (Fsp3) is 0.222. The van der Waals surface area contributed by atoms with E-state index in [2.05, 4.69) is 10.3 Å². The number of nitrogens with one attached hydrogen (secondary N) is 1. The average Bonchev–Trinajstić information content (AvgIpc) is 2.56. The van der Waals surface area contributed by atoms with Crippen LogP contribution in [0.5, 0.6) is 0 Å². The summed E-state index contributed by atoms with van der Waals surface area (Å²) >= 11 is 13.4. The van der Waals surface area contributed by atoms with Gasteiger partial charge in [0.15, 0.2) is 5.17 Å². The number of benzene rings is 2. The van der Waals surface area contributed by atoms with E-state index in [0.717, 1.165) is 5.75 Å². The standard InChI is InChI=1S/C18H16Cl2FN3OS/c1-18(6-7-26-17(22)24-18)13-9-11(3-5-15(13)21)23-16(25)12-4-2-10(19)8-14(12)20/h2-5,8-9H,6-7H2,1H3,(H2,22,24)(H,23,25). The minimum atomic E-state index is -0.766. The first-order valence-electron chi connectivity index (χ1n) is 7.83. The Balaban J connectivity index is 1.90. The molecule has 2 aromatic carbocycles. The summed E-state index contributed by atoms with van der Waals surface area (Å²) in [6, 6.07) is 9.00. The molecule has 1 aliphatic rings. The third-order valence-corrected chi connectivity index (χ3v) is 5.52. The van der Waals surface area contributed by atoms with Crippen LogP contribution in [-0.2, 0) is 5.54 Å². The fourth-order valence-electron chi connectivity index (χ4n) is 2.77. The van der Waals surface area contributed by atoms with Crippen LogP contribution < -0.4 is 11.1 Å². The van der Waals surface area contributed by atoms with Gasteiger partial charge in [-0.25, -0.2) is 4.39 Å². The SMILES string of the molecule is CC1(c2cc(NC(=O)c3ccc(Cl)cc3Cl)ccc2F)CCSC(N)=N1. The first-order valence-corrected chi connectivity index (χ1v) is 9.57. The van der Waals surface area contributed by atoms with E-state index in [1.54, 1.807) is 12.1 Å². The second-order valence-electron chi connectivity index (χ2n) is 6.10. The highest BCUT2D eigenvalue weighted by molar-refractivity contribution is 8.13. The second kappa shape index (κ2) is 7.47. The topological polar surface area (TPSA) is 67.5 Å². The van der Waals surface area contributed by atoms with Crippen LogP contribution in [0.1, 0.15) is 29.3 Å². The number of hydrogen-bond acceptors (Lipinski definition) is 4. The summed E-state index contributed by atoms with van der Waals surface area (Å²) in [5.74, 6) is -0.0440. The lowest BCUT2D eigenvalue weighted by molar-refractivity contribution is 0.102. The van der Waals surface area contributed by atoms with Gasteiger partial charge in [-0.2, -0.15) is 0 Å². The molecule has 3 rings (SSSR count). The summed E-state index contributed by atoms with van der Waals surface area (Å²) < 4.78 is 14.4. The molecule has 1 heterocycles. The molecule has 0 aliphatic carbocycles. The van der Waals surface area contributed by atoms with Gasteiger partial charge < -0.3 is 11.1 Å². The van der Waals surface area contributed by atoms with Crippen molar-refractivity contribution in [2.75, 3.05) is 11.1 Å². The van der Waals surface area contributed by atoms with E-state index >= 15 is 0 Å². The van der Waals surface area contributed by atoms with Gasteiger partial charge in [0.25, 0.3) is 5.91 Å². The second-order valence-corrected chi connectivity index (χ2v) is 8.05. The molecule has 0 aromatic heterocycles. The monoisotopic (exact) mass is 411 g/mol. The Bertz CT molecular complexity index is 906. The normalized spacial score (nSPS) is 19.8. The van der Waals surface area contributed by atoms with Crippen molar-refractivity contribution in [3.63, 3.8) is 0 Å². The van der Waals surface area contributed by atoms with Gasteiger partial charge in [-0.05, 0) is 49.7 Å². The molecule has 1 amide bonds. The van der Waals surface area contributed by atoms with Gasteiger partial charge in [0.2, 0.25) is 0 Å². The largest absolute Gasteiger partial charge is 0.379 e. The van der Waals surface area contributed by atoms with Gasteiger partial charge in [-0.15, -0.1) is 0 Å². The highest BCUT2D eigenvalue weighted by Crippen LogP contribution is 2.37. The lowest BCUT2D eigenvalue weighted by Gasteiger charge is -2.30. The molecule has 1 atom stereocenters. The van der Waals surface area contributed by atoms with Crippen molar-refractivity contribution < 1.29 is 9.18 Å². The fourth-order valence-corrected chi connectivity index (χ4v) is 4.24. The summed E-state index contributed by atoms with van der Waals surface area (Å²) in [5.41, 5.74) is 6.17. The summed E-state index contributed by atoms with van der Waals surface area (Å²) in [6.07, 6.45) is 0.649. The first-order chi connectivity index (χ1) is 12.3. The van der Waals surface area contributed by atoms with Crippen LogP contribution in [0.15, 0.2) is 41.4 Å². The van der Waals surface area contributed by atoms with Crippen LogP contribution in [0.4, 0.5) is 10.1 Å². The van der Waals surface area contributed by atoms with Crippen molar-refractivity contribution in [2.24, 2.45) is 10.7 Å². The van der Waals surface area contributed by atoms with Crippen LogP contribution in [0.25, 0.3) is 0 Å². The molecule has 0 spiro atoms. The molecular formula is C18H16Cl2FN3OS. The van der Waals surface area contributed by atoms with Crippen molar-refractivity contribution in [1.82, 2.24) is 0 Å². The Morgan fingerprint density at radius 1 is 1.31 bits per heavy atom. The molecule has 26 heavy (non-hydrogen) atoms. The van der Waals surface area contributed by atoms with Crippen molar-refractivity contribution in [3.8, 4) is 0 Å². The number of amidine groups is 1. The number of aliphatic imine (C=N–C) groups is 1. The number of carbonyl (C=O) groups is 1. The molecular weight excluding hydrogens is 396 g/mol. The van der Waals surface area contributed by atoms with Gasteiger partial charge in [-0.1, -0.05) is 35.0 Å². The maximum atomic E-state index is 14.4. The molecule has 0 radical (unpaired) electrons. The summed E-state index contributed by atoms with van der Waals surface area (Å²) in [5, 5.41) is 3.85. The predicted molar refractivity (Wildman–Crippen MR) is 107 cm³/mol. The highest BCUT2D eigenvalue weighted by Gasteiger charge is 2.32. The number of anilines is 1. The molecule has 136 valence electrons. The number of rotatable bonds is 3. The van der Waals surface area contributed by atoms with Crippen molar-refractivity contribution in [1.29, 1.82) is 0 Å². The molecule has 4 nitrogen and oxygen atoms in total. The number of amides is 1. The Morgan fingerprint density at radius 3 is 2.77 bits per heavy atom. The van der Waals surface area contributed by atoms with Crippen molar-refractivity contribution >= 4 is 51.7 Å². The lowest BCUT2D eigenvalue weighted by Crippen LogP contribution is -2.29. The zero-order valence-corrected chi connectivity index (χ0v) is 16.2. The number of halogens is 3. The number of nitrogens with two attached hydrogens (primary N) is 1. The van der Waals surface area contributed by atoms with E-state index in [0.29, 0.717) is 27.9 Å². The van der Waals surface area contributed by atoms with Gasteiger partial charge in [0, 0.05) is 22.0 Å². The predicted octanol–water partition coefficient (Wildman–Crippen LogP) is 5.05. The Kier molecular flexibility index (Phi) is 5.46. The number of nitrogens with zero attached hydrogens (tertiary/aromatic N) is 1. The quantitative estimate of drug-likeness (QED) is 0.741. The molecule has 2 aromatic rings. The molecule has 3 N–H and O–H groups in total. The molecule has 1 unspecified atom stereocenters. The lowest BCUT2D eigenvalue weighted by atomic mass is 9.89. The minimum absolute atomic E-state index is 0.242. The van der Waals surface area contributed by atoms with E-state index in [4.69, 9.17) is 28.9 Å². The van der Waals surface area contributed by atoms with Crippen LogP contribution in [0.3, 0.4) is 0 Å². The van der Waals surface area contributed by atoms with E-state index in [-0.39, 0.29) is 10.6 Å². The maximum Gasteiger partial charge on any atom is 0.257 e. The smallest absolute Gasteiger partial charge is 0.257 e. The van der Waals surface area contributed by atoms with Crippen molar-refractivity contribution in [3.05, 3.63) is 63.4 Å². The van der Waals surface area contributed by atoms with Crippen molar-refractivity contribution in [2.45, 2.75) is 18.9 Å². The van der Waals surface area contributed by atoms with Gasteiger partial charge in [0.05, 0.1) is 16.1 Å². The van der Waals surface area contributed by atoms with Gasteiger partial charge >= 0.3 is 0 Å². The zero-order valence-electron chi connectivity index (χ0n) is 13.9. The van der Waals surface area contributed by atoms with Gasteiger partial charge in [0.1, 0.15) is 5.82 Å². The molecule has 1 aliphatic heterocycles.